The van der Waals surface area contributed by atoms with E-state index >= 15 is 0 Å². The van der Waals surface area contributed by atoms with E-state index in [1.165, 1.54) is 14.2 Å². The third kappa shape index (κ3) is 7.49. The van der Waals surface area contributed by atoms with Crippen LogP contribution in [0.5, 0.6) is 0 Å². The van der Waals surface area contributed by atoms with Crippen LogP contribution < -0.4 is 15.5 Å². The summed E-state index contributed by atoms with van der Waals surface area (Å²) in [6, 6.07) is 17.9. The summed E-state index contributed by atoms with van der Waals surface area (Å²) in [6.45, 7) is 12.0. The summed E-state index contributed by atoms with van der Waals surface area (Å²) >= 11 is 0. The molecule has 0 radical (unpaired) electrons. The number of amides is 4. The molecule has 59 heavy (non-hydrogen) atoms. The maximum atomic E-state index is 14.0. The number of likely N-dealkylation sites (tertiary alicyclic amines) is 1. The number of alkyl carbamates (subject to hydrolysis) is 2. The van der Waals surface area contributed by atoms with Crippen LogP contribution in [-0.2, 0) is 31.9 Å². The molecule has 3 aliphatic rings. The Kier molecular flexibility index (Phi) is 10.6. The molecular formula is C44H45N9O6. The maximum Gasteiger partial charge on any atom is 0.407 e. The molecule has 1 fully saturated rings. The minimum Gasteiger partial charge on any atom is -0.453 e. The van der Waals surface area contributed by atoms with Crippen molar-refractivity contribution in [3.8, 4) is 33.6 Å². The SMILES string of the molecule is [C-]#[N+]c1cc2c3c(c1)C[C@@H](c1ncc(-c4ccc(-c5ccc(-c6cnc(C7CCCN7C(=O)[C@H](NC(=O)OC)C(C)C)[nH]6)cc5)cc4)[nH]1)N3C(=O)[C@@H](NC(=O)OC)CC2. The monoisotopic (exact) mass is 795 g/mol. The lowest BCUT2D eigenvalue weighted by molar-refractivity contribution is -0.135. The summed E-state index contributed by atoms with van der Waals surface area (Å²) in [5, 5.41) is 5.39. The number of hydrogen-bond acceptors (Lipinski definition) is 8. The van der Waals surface area contributed by atoms with Gasteiger partial charge < -0.3 is 35.0 Å². The highest BCUT2D eigenvalue weighted by molar-refractivity contribution is 6.03. The molecule has 5 heterocycles. The average molecular weight is 796 g/mol. The number of nitrogens with one attached hydrogen (secondary N) is 4. The van der Waals surface area contributed by atoms with Crippen LogP contribution in [0, 0.1) is 12.5 Å². The van der Waals surface area contributed by atoms with Crippen molar-refractivity contribution in [2.75, 3.05) is 25.7 Å². The summed E-state index contributed by atoms with van der Waals surface area (Å²) in [7, 11) is 2.55. The Labute approximate surface area is 341 Å². The third-order valence-electron chi connectivity index (χ3n) is 11.5. The fourth-order valence-electron chi connectivity index (χ4n) is 8.51. The molecule has 15 heteroatoms. The molecule has 4 atom stereocenters. The second kappa shape index (κ2) is 16.1. The van der Waals surface area contributed by atoms with Crippen molar-refractivity contribution in [1.82, 2.24) is 35.5 Å². The number of ether oxygens (including phenoxy) is 2. The molecule has 0 spiro atoms. The van der Waals surface area contributed by atoms with Gasteiger partial charge in [-0.3, -0.25) is 14.5 Å². The molecule has 1 unspecified atom stereocenters. The Morgan fingerprint density at radius 1 is 0.831 bits per heavy atom. The second-order valence-electron chi connectivity index (χ2n) is 15.4. The van der Waals surface area contributed by atoms with Crippen LogP contribution in [0.1, 0.15) is 68.0 Å². The summed E-state index contributed by atoms with van der Waals surface area (Å²) in [4.78, 5) is 75.2. The number of methoxy groups -OCH3 is 2. The number of aromatic amines is 2. The fourth-order valence-corrected chi connectivity index (χ4v) is 8.51. The zero-order chi connectivity index (χ0) is 41.4. The van der Waals surface area contributed by atoms with E-state index in [0.717, 1.165) is 63.3 Å². The Balaban J connectivity index is 0.964. The first kappa shape index (κ1) is 38.9. The molecule has 15 nitrogen and oxygen atoms in total. The van der Waals surface area contributed by atoms with Gasteiger partial charge in [0.25, 0.3) is 0 Å². The minimum absolute atomic E-state index is 0.115. The summed E-state index contributed by atoms with van der Waals surface area (Å²) in [5.41, 5.74) is 8.70. The average Bonchev–Trinajstić information content (AvgIpc) is 4.09. The van der Waals surface area contributed by atoms with Gasteiger partial charge in [-0.05, 0) is 65.0 Å². The van der Waals surface area contributed by atoms with Crippen LogP contribution in [0.25, 0.3) is 38.5 Å². The summed E-state index contributed by atoms with van der Waals surface area (Å²) in [5.74, 6) is 0.817. The number of carbonyl (C=O) groups excluding carboxylic acids is 4. The Morgan fingerprint density at radius 3 is 1.98 bits per heavy atom. The van der Waals surface area contributed by atoms with E-state index in [1.807, 2.05) is 50.2 Å². The van der Waals surface area contributed by atoms with Crippen LogP contribution >= 0.6 is 0 Å². The molecule has 0 bridgehead atoms. The van der Waals surface area contributed by atoms with E-state index in [-0.39, 0.29) is 23.8 Å². The van der Waals surface area contributed by atoms with E-state index < -0.39 is 30.3 Å². The van der Waals surface area contributed by atoms with Gasteiger partial charge in [0, 0.05) is 18.7 Å². The molecular weight excluding hydrogens is 751 g/mol. The largest absolute Gasteiger partial charge is 0.453 e. The second-order valence-corrected chi connectivity index (χ2v) is 15.4. The molecule has 2 aromatic heterocycles. The number of H-pyrrole nitrogens is 2. The number of anilines is 1. The van der Waals surface area contributed by atoms with Crippen LogP contribution in [0.3, 0.4) is 0 Å². The zero-order valence-corrected chi connectivity index (χ0v) is 33.2. The molecule has 302 valence electrons. The van der Waals surface area contributed by atoms with Gasteiger partial charge in [-0.25, -0.2) is 24.4 Å². The van der Waals surface area contributed by atoms with Crippen molar-refractivity contribution < 1.29 is 28.7 Å². The first-order valence-corrected chi connectivity index (χ1v) is 19.7. The molecule has 8 rings (SSSR count). The highest BCUT2D eigenvalue weighted by Crippen LogP contribution is 2.46. The maximum absolute atomic E-state index is 14.0. The van der Waals surface area contributed by atoms with Gasteiger partial charge in [-0.1, -0.05) is 74.5 Å². The number of hydrogen-bond donors (Lipinski definition) is 4. The smallest absolute Gasteiger partial charge is 0.407 e. The van der Waals surface area contributed by atoms with Crippen molar-refractivity contribution >= 4 is 35.4 Å². The number of benzene rings is 3. The van der Waals surface area contributed by atoms with Gasteiger partial charge in [0.1, 0.15) is 23.7 Å². The molecule has 1 saturated heterocycles. The topological polar surface area (TPSA) is 179 Å². The van der Waals surface area contributed by atoms with E-state index in [4.69, 9.17) is 21.0 Å². The Morgan fingerprint density at radius 2 is 1.41 bits per heavy atom. The number of aryl methyl sites for hydroxylation is 1. The number of imidazole rings is 2. The first-order chi connectivity index (χ1) is 28.6. The van der Waals surface area contributed by atoms with E-state index in [2.05, 4.69) is 54.7 Å². The van der Waals surface area contributed by atoms with Crippen molar-refractivity contribution in [3.63, 3.8) is 0 Å². The predicted octanol–water partition coefficient (Wildman–Crippen LogP) is 7.03. The molecule has 3 aliphatic heterocycles. The molecule has 4 amide bonds. The lowest BCUT2D eigenvalue weighted by Crippen LogP contribution is -2.51. The van der Waals surface area contributed by atoms with Gasteiger partial charge in [-0.15, -0.1) is 0 Å². The molecule has 0 saturated carbocycles. The van der Waals surface area contributed by atoms with E-state index in [9.17, 15) is 19.2 Å². The standard InChI is InChI=1S/C44H45N9O6/c1-24(2)37(51-44(57)59-5)42(55)52-18-6-7-35(52)39-46-22-33(48-39)27-12-8-25(9-13-27)26-10-14-28(15-11-26)34-23-47-40(49-34)36-21-30-20-31(45-3)19-29-16-17-32(50-43(56)58-4)41(54)53(36)38(29)30/h8-15,19-20,22-24,32,35-37H,6-7,16-18,21H2,1-2,4-5H3,(H,46,48)(H,47,49)(H,50,56)(H,51,57)/t32-,35?,36-,37+/m0/s1. The molecule has 3 aromatic carbocycles. The first-order valence-electron chi connectivity index (χ1n) is 19.7. The summed E-state index contributed by atoms with van der Waals surface area (Å²) < 4.78 is 9.56. The highest BCUT2D eigenvalue weighted by atomic mass is 16.5. The van der Waals surface area contributed by atoms with Gasteiger partial charge >= 0.3 is 12.2 Å². The van der Waals surface area contributed by atoms with E-state index in [0.29, 0.717) is 43.1 Å². The van der Waals surface area contributed by atoms with Gasteiger partial charge in [0.15, 0.2) is 5.69 Å². The number of nitrogens with zero attached hydrogens (tertiary/aromatic N) is 5. The van der Waals surface area contributed by atoms with Crippen LogP contribution in [0.2, 0.25) is 0 Å². The Bertz CT molecular complexity index is 2450. The fraction of sp³-hybridized carbons (Fsp3) is 0.341. The lowest BCUT2D eigenvalue weighted by Gasteiger charge is -2.30. The minimum atomic E-state index is -0.783. The van der Waals surface area contributed by atoms with Crippen molar-refractivity contribution in [2.45, 2.75) is 70.1 Å². The summed E-state index contributed by atoms with van der Waals surface area (Å²) in [6.07, 6.45) is 5.25. The molecule has 4 N–H and O–H groups in total. The van der Waals surface area contributed by atoms with Crippen LogP contribution in [-0.4, -0.2) is 81.7 Å². The van der Waals surface area contributed by atoms with Crippen LogP contribution in [0.4, 0.5) is 21.0 Å². The van der Waals surface area contributed by atoms with E-state index in [1.54, 1.807) is 22.2 Å². The van der Waals surface area contributed by atoms with Crippen molar-refractivity contribution in [1.29, 1.82) is 0 Å². The lowest BCUT2D eigenvalue weighted by atomic mass is 10.00. The number of aromatic nitrogens is 4. The number of carbonyl (C=O) groups is 4. The third-order valence-corrected chi connectivity index (χ3v) is 11.5. The highest BCUT2D eigenvalue weighted by Gasteiger charge is 2.43. The normalized spacial score (nSPS) is 18.8. The van der Waals surface area contributed by atoms with Crippen LogP contribution in [0.15, 0.2) is 73.1 Å². The predicted molar refractivity (Wildman–Crippen MR) is 219 cm³/mol. The van der Waals surface area contributed by atoms with Gasteiger partial charge in [0.05, 0.1) is 56.7 Å². The Hall–Kier alpha value is -6.95. The van der Waals surface area contributed by atoms with Gasteiger partial charge in [-0.2, -0.15) is 0 Å². The quantitative estimate of drug-likeness (QED) is 0.115. The zero-order valence-electron chi connectivity index (χ0n) is 33.2. The number of rotatable bonds is 9. The van der Waals surface area contributed by atoms with Crippen molar-refractivity contribution in [3.05, 3.63) is 107 Å². The van der Waals surface area contributed by atoms with Gasteiger partial charge in [0.2, 0.25) is 11.8 Å². The van der Waals surface area contributed by atoms with Crippen molar-refractivity contribution in [2.24, 2.45) is 5.92 Å². The molecule has 0 aliphatic carbocycles. The molecule has 5 aromatic rings.